The molecule has 0 bridgehead atoms. The lowest BCUT2D eigenvalue weighted by Gasteiger charge is -2.35. The SMILES string of the molecule is c1ccc(-c2nc(-c3ccccc3)nc(-c3ccc4c(c3)C3(c5ccccc5-c5ccccc5-4)c4ccccc4-c4c3ccc3c4oc4ccccc43)n2)cc1. The molecular formula is C52H31N3O. The molecule has 2 aromatic heterocycles. The molecule has 10 aromatic rings. The second-order valence-corrected chi connectivity index (χ2v) is 14.6. The Kier molecular flexibility index (Phi) is 6.52. The normalized spacial score (nSPS) is 14.9. The molecule has 0 radical (unpaired) electrons. The summed E-state index contributed by atoms with van der Waals surface area (Å²) in [6.07, 6.45) is 0. The van der Waals surface area contributed by atoms with Crippen LogP contribution in [0.15, 0.2) is 192 Å². The van der Waals surface area contributed by atoms with Gasteiger partial charge in [-0.15, -0.1) is 0 Å². The molecule has 2 aliphatic rings. The fraction of sp³-hybridized carbons (Fsp3) is 0.0192. The Labute approximate surface area is 323 Å². The predicted octanol–water partition coefficient (Wildman–Crippen LogP) is 12.8. The van der Waals surface area contributed by atoms with E-state index in [9.17, 15) is 0 Å². The number of benzene rings is 8. The van der Waals surface area contributed by atoms with E-state index in [1.165, 1.54) is 50.1 Å². The molecular weight excluding hydrogens is 683 g/mol. The quantitative estimate of drug-likeness (QED) is 0.183. The second kappa shape index (κ2) is 11.8. The van der Waals surface area contributed by atoms with Crippen molar-refractivity contribution < 1.29 is 4.42 Å². The van der Waals surface area contributed by atoms with Crippen LogP contribution in [0, 0.1) is 0 Å². The van der Waals surface area contributed by atoms with Crippen molar-refractivity contribution in [2.45, 2.75) is 5.41 Å². The molecule has 0 saturated carbocycles. The van der Waals surface area contributed by atoms with Crippen molar-refractivity contribution in [3.63, 3.8) is 0 Å². The summed E-state index contributed by atoms with van der Waals surface area (Å²) in [5.41, 5.74) is 15.9. The Balaban J connectivity index is 1.22. The molecule has 1 unspecified atom stereocenters. The molecule has 56 heavy (non-hydrogen) atoms. The first-order valence-electron chi connectivity index (χ1n) is 19.0. The Bertz CT molecular complexity index is 3140. The molecule has 8 aromatic carbocycles. The summed E-state index contributed by atoms with van der Waals surface area (Å²) < 4.78 is 6.83. The Morgan fingerprint density at radius 1 is 0.339 bits per heavy atom. The lowest BCUT2D eigenvalue weighted by atomic mass is 9.65. The van der Waals surface area contributed by atoms with Crippen LogP contribution < -0.4 is 0 Å². The summed E-state index contributed by atoms with van der Waals surface area (Å²) in [5, 5.41) is 2.25. The summed E-state index contributed by atoms with van der Waals surface area (Å²) >= 11 is 0. The van der Waals surface area contributed by atoms with Gasteiger partial charge in [0.25, 0.3) is 0 Å². The molecule has 1 atom stereocenters. The molecule has 260 valence electrons. The molecule has 0 amide bonds. The van der Waals surface area contributed by atoms with Crippen molar-refractivity contribution >= 4 is 21.9 Å². The standard InChI is InChI=1S/C52H31N3O/c1-3-15-32(16-4-1)49-53-50(33-17-5-2-6-18-33)55-51(54-49)34-27-28-38-36-20-8-7-19-35(36)37-21-9-12-24-42(37)52(45(38)31-34)43-25-13-10-23-41(43)47-44(52)30-29-40-39-22-11-14-26-46(39)56-48(40)47/h1-31H. The summed E-state index contributed by atoms with van der Waals surface area (Å²) in [6, 6.07) is 66.8. The van der Waals surface area contributed by atoms with E-state index in [4.69, 9.17) is 19.4 Å². The van der Waals surface area contributed by atoms with Crippen LogP contribution in [0.5, 0.6) is 0 Å². The Morgan fingerprint density at radius 3 is 1.54 bits per heavy atom. The highest BCUT2D eigenvalue weighted by atomic mass is 16.3. The van der Waals surface area contributed by atoms with E-state index in [-0.39, 0.29) is 0 Å². The van der Waals surface area contributed by atoms with Crippen LogP contribution in [0.3, 0.4) is 0 Å². The van der Waals surface area contributed by atoms with Crippen LogP contribution in [0.2, 0.25) is 0 Å². The third-order valence-corrected chi connectivity index (χ3v) is 11.8. The molecule has 0 fully saturated rings. The van der Waals surface area contributed by atoms with Crippen molar-refractivity contribution in [1.82, 2.24) is 15.0 Å². The Hall–Kier alpha value is -7.43. The van der Waals surface area contributed by atoms with Gasteiger partial charge in [-0.3, -0.25) is 0 Å². The number of furan rings is 1. The van der Waals surface area contributed by atoms with Crippen LogP contribution in [-0.4, -0.2) is 15.0 Å². The maximum absolute atomic E-state index is 6.83. The molecule has 2 aliphatic carbocycles. The van der Waals surface area contributed by atoms with Crippen LogP contribution in [-0.2, 0) is 5.41 Å². The minimum Gasteiger partial charge on any atom is -0.455 e. The topological polar surface area (TPSA) is 51.8 Å². The zero-order chi connectivity index (χ0) is 36.8. The van der Waals surface area contributed by atoms with E-state index in [1.54, 1.807) is 0 Å². The van der Waals surface area contributed by atoms with Gasteiger partial charge in [-0.25, -0.2) is 15.0 Å². The van der Waals surface area contributed by atoms with Crippen LogP contribution in [0.25, 0.3) is 89.5 Å². The molecule has 0 saturated heterocycles. The second-order valence-electron chi connectivity index (χ2n) is 14.6. The lowest BCUT2D eigenvalue weighted by Crippen LogP contribution is -2.29. The Morgan fingerprint density at radius 2 is 0.857 bits per heavy atom. The molecule has 4 heteroatoms. The summed E-state index contributed by atoms with van der Waals surface area (Å²) in [5.74, 6) is 1.90. The highest BCUT2D eigenvalue weighted by Gasteiger charge is 2.50. The minimum atomic E-state index is -0.697. The first-order valence-corrected chi connectivity index (χ1v) is 19.0. The largest absolute Gasteiger partial charge is 0.455 e. The number of para-hydroxylation sites is 1. The summed E-state index contributed by atoms with van der Waals surface area (Å²) in [7, 11) is 0. The van der Waals surface area contributed by atoms with Gasteiger partial charge in [-0.2, -0.15) is 0 Å². The minimum absolute atomic E-state index is 0.626. The zero-order valence-corrected chi connectivity index (χ0v) is 30.1. The van der Waals surface area contributed by atoms with Gasteiger partial charge in [-0.05, 0) is 62.2 Å². The summed E-state index contributed by atoms with van der Waals surface area (Å²) in [4.78, 5) is 15.4. The number of fused-ring (bicyclic) bond motifs is 16. The summed E-state index contributed by atoms with van der Waals surface area (Å²) in [6.45, 7) is 0. The highest BCUT2D eigenvalue weighted by Crippen LogP contribution is 2.63. The fourth-order valence-corrected chi connectivity index (χ4v) is 9.43. The van der Waals surface area contributed by atoms with Gasteiger partial charge >= 0.3 is 0 Å². The molecule has 2 heterocycles. The van der Waals surface area contributed by atoms with E-state index in [0.29, 0.717) is 17.5 Å². The average Bonchev–Trinajstić information content (AvgIpc) is 3.77. The van der Waals surface area contributed by atoms with Crippen LogP contribution in [0.4, 0.5) is 0 Å². The van der Waals surface area contributed by atoms with Gasteiger partial charge in [0.2, 0.25) is 0 Å². The molecule has 12 rings (SSSR count). The maximum Gasteiger partial charge on any atom is 0.164 e. The average molecular weight is 714 g/mol. The maximum atomic E-state index is 6.83. The van der Waals surface area contributed by atoms with Crippen molar-refractivity contribution in [2.24, 2.45) is 0 Å². The van der Waals surface area contributed by atoms with Crippen molar-refractivity contribution in [2.75, 3.05) is 0 Å². The first kappa shape index (κ1) is 31.0. The monoisotopic (exact) mass is 713 g/mol. The van der Waals surface area contributed by atoms with Crippen molar-refractivity contribution in [3.8, 4) is 67.5 Å². The van der Waals surface area contributed by atoms with E-state index >= 15 is 0 Å². The van der Waals surface area contributed by atoms with E-state index in [1.807, 2.05) is 42.5 Å². The van der Waals surface area contributed by atoms with Gasteiger partial charge in [0.05, 0.1) is 5.41 Å². The van der Waals surface area contributed by atoms with Gasteiger partial charge in [0.1, 0.15) is 11.2 Å². The lowest BCUT2D eigenvalue weighted by molar-refractivity contribution is 0.669. The molecule has 0 N–H and O–H groups in total. The third-order valence-electron chi connectivity index (χ3n) is 11.8. The van der Waals surface area contributed by atoms with Crippen molar-refractivity contribution in [3.05, 3.63) is 210 Å². The van der Waals surface area contributed by atoms with E-state index < -0.39 is 5.41 Å². The highest BCUT2D eigenvalue weighted by molar-refractivity contribution is 6.13. The van der Waals surface area contributed by atoms with Crippen LogP contribution in [0.1, 0.15) is 22.3 Å². The number of hydrogen-bond acceptors (Lipinski definition) is 4. The fourth-order valence-electron chi connectivity index (χ4n) is 9.43. The molecule has 4 nitrogen and oxygen atoms in total. The van der Waals surface area contributed by atoms with Gasteiger partial charge < -0.3 is 4.42 Å². The van der Waals surface area contributed by atoms with Gasteiger partial charge in [-0.1, -0.05) is 176 Å². The van der Waals surface area contributed by atoms with Crippen molar-refractivity contribution in [1.29, 1.82) is 0 Å². The molecule has 0 aliphatic heterocycles. The van der Waals surface area contributed by atoms with Gasteiger partial charge in [0.15, 0.2) is 17.5 Å². The molecule has 1 spiro atoms. The third kappa shape index (κ3) is 4.27. The van der Waals surface area contributed by atoms with Crippen LogP contribution >= 0.6 is 0 Å². The number of nitrogens with zero attached hydrogens (tertiary/aromatic N) is 3. The number of rotatable bonds is 3. The first-order chi connectivity index (χ1) is 27.8. The smallest absolute Gasteiger partial charge is 0.164 e. The van der Waals surface area contributed by atoms with E-state index in [2.05, 4.69) is 146 Å². The number of aromatic nitrogens is 3. The predicted molar refractivity (Wildman–Crippen MR) is 225 cm³/mol. The zero-order valence-electron chi connectivity index (χ0n) is 30.1. The number of hydrogen-bond donors (Lipinski definition) is 0. The van der Waals surface area contributed by atoms with Gasteiger partial charge in [0, 0.05) is 33.0 Å². The van der Waals surface area contributed by atoms with E-state index in [0.717, 1.165) is 44.2 Å².